The number of anilines is 2. The van der Waals surface area contributed by atoms with Gasteiger partial charge in [0, 0.05) is 28.6 Å². The van der Waals surface area contributed by atoms with Crippen LogP contribution in [0.15, 0.2) is 78.9 Å². The standard InChI is InChI=1S/C32H26N2O5/c1-19-11-12-25(20(2)13-19)33-30(35)22-8-4-3-7-21(22)16-34-26-10-6-5-9-23(26)32(31(34)36)17-37-27-15-29-28(14-24(27)32)38-18-39-29/h3-15H,16-18H2,1-2H3,(H,33,35). The average molecular weight is 519 g/mol. The molecular formula is C32H26N2O5. The van der Waals surface area contributed by atoms with Gasteiger partial charge in [-0.25, -0.2) is 0 Å². The molecule has 0 fully saturated rings. The number of nitrogens with zero attached hydrogens (tertiary/aromatic N) is 1. The number of aryl methyl sites for hydroxylation is 2. The predicted octanol–water partition coefficient (Wildman–Crippen LogP) is 5.51. The molecular weight excluding hydrogens is 492 g/mol. The number of carbonyl (C=O) groups excluding carboxylic acids is 2. The van der Waals surface area contributed by atoms with Crippen molar-refractivity contribution < 1.29 is 23.8 Å². The Morgan fingerprint density at radius 2 is 1.64 bits per heavy atom. The summed E-state index contributed by atoms with van der Waals surface area (Å²) in [7, 11) is 0. The Bertz CT molecular complexity index is 1680. The van der Waals surface area contributed by atoms with Crippen LogP contribution in [0.1, 0.15) is 38.2 Å². The lowest BCUT2D eigenvalue weighted by atomic mass is 9.77. The maximum absolute atomic E-state index is 14.4. The molecule has 7 nitrogen and oxygen atoms in total. The van der Waals surface area contributed by atoms with Crippen molar-refractivity contribution in [3.05, 3.63) is 112 Å². The molecule has 1 unspecified atom stereocenters. The van der Waals surface area contributed by atoms with Crippen molar-refractivity contribution >= 4 is 23.2 Å². The van der Waals surface area contributed by atoms with Crippen LogP contribution in [0.25, 0.3) is 0 Å². The van der Waals surface area contributed by atoms with Crippen molar-refractivity contribution in [1.82, 2.24) is 0 Å². The van der Waals surface area contributed by atoms with Gasteiger partial charge in [0.15, 0.2) is 11.5 Å². The first kappa shape index (κ1) is 23.3. The summed E-state index contributed by atoms with van der Waals surface area (Å²) in [5.74, 6) is 1.54. The Labute approximate surface area is 225 Å². The summed E-state index contributed by atoms with van der Waals surface area (Å²) in [6.45, 7) is 4.57. The molecule has 4 aromatic rings. The van der Waals surface area contributed by atoms with Crippen molar-refractivity contribution in [2.45, 2.75) is 25.8 Å². The molecule has 7 heteroatoms. The SMILES string of the molecule is Cc1ccc(NC(=O)c2ccccc2CN2C(=O)C3(COc4cc5c(cc43)OCO5)c3ccccc32)c(C)c1. The summed E-state index contributed by atoms with van der Waals surface area (Å²) in [5, 5.41) is 3.05. The van der Waals surface area contributed by atoms with Crippen LogP contribution in [-0.4, -0.2) is 25.2 Å². The zero-order valence-electron chi connectivity index (χ0n) is 21.6. The van der Waals surface area contributed by atoms with Crippen LogP contribution in [0.2, 0.25) is 0 Å². The van der Waals surface area contributed by atoms with Crippen LogP contribution in [0.5, 0.6) is 17.2 Å². The fraction of sp³-hybridized carbons (Fsp3) is 0.188. The highest BCUT2D eigenvalue weighted by Crippen LogP contribution is 2.55. The van der Waals surface area contributed by atoms with Gasteiger partial charge in [0.05, 0.1) is 6.54 Å². The number of rotatable bonds is 4. The van der Waals surface area contributed by atoms with Gasteiger partial charge in [-0.2, -0.15) is 0 Å². The molecule has 39 heavy (non-hydrogen) atoms. The highest BCUT2D eigenvalue weighted by atomic mass is 16.7. The Hall–Kier alpha value is -4.78. The first-order chi connectivity index (χ1) is 19.0. The second-order valence-corrected chi connectivity index (χ2v) is 10.2. The van der Waals surface area contributed by atoms with Crippen molar-refractivity contribution in [3.63, 3.8) is 0 Å². The number of hydrogen-bond donors (Lipinski definition) is 1. The van der Waals surface area contributed by atoms with Gasteiger partial charge in [0.25, 0.3) is 5.91 Å². The van der Waals surface area contributed by atoms with Gasteiger partial charge in [0.1, 0.15) is 17.8 Å². The summed E-state index contributed by atoms with van der Waals surface area (Å²) in [4.78, 5) is 29.6. The number of nitrogens with one attached hydrogen (secondary N) is 1. The normalized spacial score (nSPS) is 18.2. The fourth-order valence-corrected chi connectivity index (χ4v) is 5.92. The Morgan fingerprint density at radius 3 is 2.49 bits per heavy atom. The summed E-state index contributed by atoms with van der Waals surface area (Å²) < 4.78 is 17.2. The highest BCUT2D eigenvalue weighted by Gasteiger charge is 2.57. The van der Waals surface area contributed by atoms with Crippen molar-refractivity contribution in [2.75, 3.05) is 23.6 Å². The van der Waals surface area contributed by atoms with E-state index < -0.39 is 5.41 Å². The largest absolute Gasteiger partial charge is 0.491 e. The Balaban J connectivity index is 1.26. The molecule has 3 aliphatic rings. The minimum absolute atomic E-state index is 0.0918. The monoisotopic (exact) mass is 518 g/mol. The van der Waals surface area contributed by atoms with Crippen LogP contribution in [0.3, 0.4) is 0 Å². The molecule has 1 atom stereocenters. The molecule has 2 amide bonds. The number of amides is 2. The van der Waals surface area contributed by atoms with Gasteiger partial charge < -0.3 is 24.4 Å². The van der Waals surface area contributed by atoms with E-state index in [-0.39, 0.29) is 31.8 Å². The maximum Gasteiger partial charge on any atom is 0.256 e. The summed E-state index contributed by atoms with van der Waals surface area (Å²) in [6, 6.07) is 24.8. The van der Waals surface area contributed by atoms with Gasteiger partial charge >= 0.3 is 0 Å². The lowest BCUT2D eigenvalue weighted by Crippen LogP contribution is -2.42. The molecule has 7 rings (SSSR count). The van der Waals surface area contributed by atoms with Gasteiger partial charge in [-0.1, -0.05) is 54.1 Å². The van der Waals surface area contributed by atoms with Crippen molar-refractivity contribution in [1.29, 1.82) is 0 Å². The molecule has 0 aromatic heterocycles. The Morgan fingerprint density at radius 1 is 0.872 bits per heavy atom. The first-order valence-electron chi connectivity index (χ1n) is 12.9. The highest BCUT2D eigenvalue weighted by molar-refractivity contribution is 6.12. The van der Waals surface area contributed by atoms with E-state index in [0.29, 0.717) is 22.8 Å². The minimum atomic E-state index is -0.997. The molecule has 0 bridgehead atoms. The summed E-state index contributed by atoms with van der Waals surface area (Å²) in [5.41, 5.74) is 5.63. The molecule has 0 saturated heterocycles. The second kappa shape index (κ2) is 8.63. The minimum Gasteiger partial charge on any atom is -0.491 e. The third kappa shape index (κ3) is 3.50. The van der Waals surface area contributed by atoms with E-state index in [0.717, 1.165) is 39.2 Å². The number of carbonyl (C=O) groups is 2. The fourth-order valence-electron chi connectivity index (χ4n) is 5.92. The zero-order chi connectivity index (χ0) is 26.7. The zero-order valence-corrected chi connectivity index (χ0v) is 21.6. The topological polar surface area (TPSA) is 77.1 Å². The average Bonchev–Trinajstić information content (AvgIpc) is 3.62. The smallest absolute Gasteiger partial charge is 0.256 e. The van der Waals surface area contributed by atoms with Crippen LogP contribution in [0, 0.1) is 13.8 Å². The summed E-state index contributed by atoms with van der Waals surface area (Å²) >= 11 is 0. The first-order valence-corrected chi connectivity index (χ1v) is 12.9. The van der Waals surface area contributed by atoms with Gasteiger partial charge in [-0.05, 0) is 54.8 Å². The Kier molecular flexibility index (Phi) is 5.17. The third-order valence-electron chi connectivity index (χ3n) is 7.86. The van der Waals surface area contributed by atoms with Crippen LogP contribution < -0.4 is 24.4 Å². The van der Waals surface area contributed by atoms with Gasteiger partial charge in [0.2, 0.25) is 12.7 Å². The molecule has 3 heterocycles. The molecule has 3 aliphatic heterocycles. The van der Waals surface area contributed by atoms with Crippen molar-refractivity contribution in [2.24, 2.45) is 0 Å². The quantitative estimate of drug-likeness (QED) is 0.386. The van der Waals surface area contributed by atoms with E-state index in [2.05, 4.69) is 5.32 Å². The van der Waals surface area contributed by atoms with Crippen LogP contribution in [-0.2, 0) is 16.8 Å². The van der Waals surface area contributed by atoms with E-state index in [4.69, 9.17) is 14.2 Å². The number of hydrogen-bond acceptors (Lipinski definition) is 5. The van der Waals surface area contributed by atoms with Gasteiger partial charge in [-0.3, -0.25) is 9.59 Å². The van der Waals surface area contributed by atoms with Gasteiger partial charge in [-0.15, -0.1) is 0 Å². The van der Waals surface area contributed by atoms with E-state index in [1.807, 2.05) is 80.6 Å². The second-order valence-electron chi connectivity index (χ2n) is 10.2. The van der Waals surface area contributed by atoms with E-state index in [9.17, 15) is 9.59 Å². The number of ether oxygens (including phenoxy) is 3. The lowest BCUT2D eigenvalue weighted by Gasteiger charge is -2.24. The van der Waals surface area contributed by atoms with Crippen LogP contribution in [0.4, 0.5) is 11.4 Å². The molecule has 0 saturated carbocycles. The summed E-state index contributed by atoms with van der Waals surface area (Å²) in [6.07, 6.45) is 0. The third-order valence-corrected chi connectivity index (χ3v) is 7.86. The lowest BCUT2D eigenvalue weighted by molar-refractivity contribution is -0.122. The molecule has 4 aromatic carbocycles. The maximum atomic E-state index is 14.4. The molecule has 1 spiro atoms. The number of para-hydroxylation sites is 1. The molecule has 0 radical (unpaired) electrons. The van der Waals surface area contributed by atoms with E-state index in [1.165, 1.54) is 0 Å². The van der Waals surface area contributed by atoms with Crippen molar-refractivity contribution in [3.8, 4) is 17.2 Å². The van der Waals surface area contributed by atoms with E-state index >= 15 is 0 Å². The molecule has 1 N–H and O–H groups in total. The van der Waals surface area contributed by atoms with Crippen LogP contribution >= 0.6 is 0 Å². The molecule has 0 aliphatic carbocycles. The van der Waals surface area contributed by atoms with E-state index in [1.54, 1.807) is 17.0 Å². The number of benzene rings is 4. The molecule has 194 valence electrons. The number of fused-ring (bicyclic) bond motifs is 5. The predicted molar refractivity (Wildman–Crippen MR) is 147 cm³/mol.